The summed E-state index contributed by atoms with van der Waals surface area (Å²) < 4.78 is 15.1. The fourth-order valence-corrected chi connectivity index (χ4v) is 0.659. The van der Waals surface area contributed by atoms with Gasteiger partial charge in [0.15, 0.2) is 0 Å². The van der Waals surface area contributed by atoms with Crippen LogP contribution in [-0.4, -0.2) is 54.4 Å². The molecule has 2 N–H and O–H groups in total. The van der Waals surface area contributed by atoms with E-state index in [9.17, 15) is 0 Å². The molecule has 2 heterocycles. The minimum absolute atomic E-state index is 0. The van der Waals surface area contributed by atoms with Crippen LogP contribution >= 0.6 is 0 Å². The summed E-state index contributed by atoms with van der Waals surface area (Å²) >= 11 is 0. The van der Waals surface area contributed by atoms with Gasteiger partial charge in [0.05, 0.1) is 26.4 Å². The highest BCUT2D eigenvalue weighted by Gasteiger charge is 2.26. The van der Waals surface area contributed by atoms with Gasteiger partial charge in [0.2, 0.25) is 0 Å². The van der Waals surface area contributed by atoms with Gasteiger partial charge in [0.1, 0.15) is 12.2 Å². The molecule has 0 saturated carbocycles. The number of hydrogen-bond donors (Lipinski definition) is 0. The Bertz CT molecular complexity index is 112. The maximum absolute atomic E-state index is 5.23. The lowest BCUT2D eigenvalue weighted by Crippen LogP contribution is -2.06. The van der Waals surface area contributed by atoms with Crippen LogP contribution < -0.4 is 0 Å². The van der Waals surface area contributed by atoms with E-state index in [1.54, 1.807) is 0 Å². The van der Waals surface area contributed by atoms with E-state index in [-0.39, 0.29) is 5.48 Å². The quantitative estimate of drug-likeness (QED) is 0.450. The van der Waals surface area contributed by atoms with Gasteiger partial charge < -0.3 is 19.7 Å². The normalized spacial score (nSPS) is 27.2. The van der Waals surface area contributed by atoms with Crippen molar-refractivity contribution in [2.24, 2.45) is 0 Å². The Kier molecular flexibility index (Phi) is 8.41. The van der Waals surface area contributed by atoms with Gasteiger partial charge >= 0.3 is 0 Å². The Balaban J connectivity index is 0.000000299. The van der Waals surface area contributed by atoms with Crippen molar-refractivity contribution in [2.45, 2.75) is 31.6 Å². The van der Waals surface area contributed by atoms with Crippen molar-refractivity contribution in [1.29, 1.82) is 0 Å². The van der Waals surface area contributed by atoms with Crippen LogP contribution in [0.2, 0.25) is 6.04 Å². The first-order chi connectivity index (χ1) is 6.36. The molecule has 0 aromatic heterocycles. The Morgan fingerprint density at radius 3 is 1.79 bits per heavy atom. The van der Waals surface area contributed by atoms with Crippen LogP contribution in [0.25, 0.3) is 0 Å². The first-order valence-corrected chi connectivity index (χ1v) is 6.59. The molecule has 86 valence electrons. The van der Waals surface area contributed by atoms with Crippen LogP contribution in [0.15, 0.2) is 0 Å². The molecule has 4 nitrogen and oxygen atoms in total. The lowest BCUT2D eigenvalue weighted by Gasteiger charge is -1.95. The van der Waals surface area contributed by atoms with Crippen molar-refractivity contribution < 1.29 is 19.7 Å². The van der Waals surface area contributed by atoms with Gasteiger partial charge in [-0.3, -0.25) is 0 Å². The third-order valence-corrected chi connectivity index (χ3v) is 2.91. The number of hydrogen-bond acceptors (Lipinski definition) is 3. The second-order valence-electron chi connectivity index (χ2n) is 3.45. The lowest BCUT2D eigenvalue weighted by atomic mass is 10.5. The predicted octanol–water partition coefficient (Wildman–Crippen LogP) is -0.844. The molecule has 0 radical (unpaired) electrons. The maximum Gasteiger partial charge on any atom is 0.104 e. The average molecular weight is 222 g/mol. The van der Waals surface area contributed by atoms with Gasteiger partial charge in [-0.05, 0) is 0 Å². The topological polar surface area (TPSA) is 65.8 Å². The van der Waals surface area contributed by atoms with E-state index in [0.29, 0.717) is 12.2 Å². The Hall–Kier alpha value is 0.0569. The molecular formula is C9H22O4Si. The van der Waals surface area contributed by atoms with Crippen molar-refractivity contribution >= 4 is 10.2 Å². The molecule has 0 aromatic rings. The highest BCUT2D eigenvalue weighted by molar-refractivity contribution is 6.08. The summed E-state index contributed by atoms with van der Waals surface area (Å²) in [6.45, 7) is 5.48. The smallest absolute Gasteiger partial charge is 0.104 e. The number of rotatable bonds is 5. The predicted molar refractivity (Wildman–Crippen MR) is 58.9 cm³/mol. The summed E-state index contributed by atoms with van der Waals surface area (Å²) in [5.74, 6) is 0. The van der Waals surface area contributed by atoms with Gasteiger partial charge in [-0.1, -0.05) is 19.4 Å². The monoisotopic (exact) mass is 222 g/mol. The van der Waals surface area contributed by atoms with E-state index in [0.717, 1.165) is 26.4 Å². The number of ether oxygens (including phenoxy) is 3. The zero-order valence-corrected chi connectivity index (χ0v) is 11.1. The molecule has 2 atom stereocenters. The molecule has 2 unspecified atom stereocenters. The van der Waals surface area contributed by atoms with Crippen LogP contribution in [-0.2, 0) is 14.2 Å². The first-order valence-electron chi connectivity index (χ1n) is 5.17. The SMILES string of the molecule is C(OCC1CO1)C1CO1.CCC[SiH3].O. The number of epoxide rings is 2. The van der Waals surface area contributed by atoms with E-state index in [4.69, 9.17) is 14.2 Å². The highest BCUT2D eigenvalue weighted by atomic mass is 28.1. The van der Waals surface area contributed by atoms with Gasteiger partial charge in [0, 0.05) is 10.2 Å². The molecule has 5 heteroatoms. The molecule has 0 bridgehead atoms. The summed E-state index contributed by atoms with van der Waals surface area (Å²) in [6, 6.07) is 1.46. The van der Waals surface area contributed by atoms with Gasteiger partial charge in [-0.2, -0.15) is 0 Å². The molecule has 2 aliphatic rings. The van der Waals surface area contributed by atoms with Crippen LogP contribution in [0.3, 0.4) is 0 Å². The second-order valence-corrected chi connectivity index (χ2v) is 4.45. The minimum Gasteiger partial charge on any atom is -0.412 e. The Labute approximate surface area is 88.6 Å². The molecule has 2 fully saturated rings. The molecule has 2 aliphatic heterocycles. The zero-order valence-electron chi connectivity index (χ0n) is 9.12. The van der Waals surface area contributed by atoms with E-state index in [2.05, 4.69) is 6.92 Å². The lowest BCUT2D eigenvalue weighted by molar-refractivity contribution is 0.102. The fraction of sp³-hybridized carbons (Fsp3) is 1.00. The van der Waals surface area contributed by atoms with Crippen LogP contribution in [0.4, 0.5) is 0 Å². The third kappa shape index (κ3) is 8.65. The van der Waals surface area contributed by atoms with Gasteiger partial charge in [-0.15, -0.1) is 0 Å². The molecule has 0 amide bonds. The van der Waals surface area contributed by atoms with E-state index in [1.165, 1.54) is 22.7 Å². The van der Waals surface area contributed by atoms with Crippen molar-refractivity contribution in [1.82, 2.24) is 0 Å². The van der Waals surface area contributed by atoms with Gasteiger partial charge in [-0.25, -0.2) is 0 Å². The molecule has 14 heavy (non-hydrogen) atoms. The van der Waals surface area contributed by atoms with E-state index in [1.807, 2.05) is 0 Å². The molecule has 0 aromatic carbocycles. The maximum atomic E-state index is 5.23. The first kappa shape index (κ1) is 14.1. The summed E-state index contributed by atoms with van der Waals surface area (Å²) in [4.78, 5) is 0. The second kappa shape index (κ2) is 8.37. The Morgan fingerprint density at radius 1 is 1.21 bits per heavy atom. The average Bonchev–Trinajstić information content (AvgIpc) is 2.98. The Morgan fingerprint density at radius 2 is 1.57 bits per heavy atom. The minimum atomic E-state index is 0. The molecule has 2 rings (SSSR count). The van der Waals surface area contributed by atoms with Crippen molar-refractivity contribution in [3.63, 3.8) is 0 Å². The summed E-state index contributed by atoms with van der Waals surface area (Å²) in [6.07, 6.45) is 2.17. The van der Waals surface area contributed by atoms with E-state index >= 15 is 0 Å². The largest absolute Gasteiger partial charge is 0.412 e. The summed E-state index contributed by atoms with van der Waals surface area (Å²) in [5, 5.41) is 0. The van der Waals surface area contributed by atoms with E-state index < -0.39 is 0 Å². The molecule has 0 spiro atoms. The third-order valence-electron chi connectivity index (χ3n) is 1.91. The standard InChI is InChI=1S/C6H10O3.C3H10Si.H2O/c1(5-3-8-5)7-2-6-4-9-6;1-2-3-4;/h5-6H,1-4H2;2-3H2,1,4H3;1H2. The molecule has 0 aliphatic carbocycles. The summed E-state index contributed by atoms with van der Waals surface area (Å²) in [7, 11) is 1.39. The molecular weight excluding hydrogens is 200 g/mol. The highest BCUT2D eigenvalue weighted by Crippen LogP contribution is 2.12. The van der Waals surface area contributed by atoms with Crippen LogP contribution in [0, 0.1) is 0 Å². The fourth-order valence-electron chi connectivity index (χ4n) is 0.659. The zero-order chi connectivity index (χ0) is 9.52. The van der Waals surface area contributed by atoms with Gasteiger partial charge in [0.25, 0.3) is 0 Å². The van der Waals surface area contributed by atoms with Crippen molar-refractivity contribution in [2.75, 3.05) is 26.4 Å². The van der Waals surface area contributed by atoms with Crippen molar-refractivity contribution in [3.05, 3.63) is 0 Å². The van der Waals surface area contributed by atoms with Crippen molar-refractivity contribution in [3.8, 4) is 0 Å². The van der Waals surface area contributed by atoms with Crippen LogP contribution in [0.1, 0.15) is 13.3 Å². The summed E-state index contributed by atoms with van der Waals surface area (Å²) in [5.41, 5.74) is 0. The van der Waals surface area contributed by atoms with Crippen LogP contribution in [0.5, 0.6) is 0 Å². The molecule has 2 saturated heterocycles.